The molecule has 1 rings (SSSR count). The van der Waals surface area contributed by atoms with Gasteiger partial charge in [0.05, 0.1) is 6.61 Å². The molecule has 0 aliphatic carbocycles. The fraction of sp³-hybridized carbons (Fsp3) is 0.533. The summed E-state index contributed by atoms with van der Waals surface area (Å²) in [6.45, 7) is 2.62. The van der Waals surface area contributed by atoms with Crippen LogP contribution in [-0.2, 0) is 4.74 Å². The number of unbranched alkanes of at least 4 members (excludes halogenated alkanes) is 5. The number of phenols is 1. The second kappa shape index (κ2) is 11.9. The van der Waals surface area contributed by atoms with Gasteiger partial charge < -0.3 is 9.84 Å². The SMILES string of the molecule is CCCCCCCCOC(=O)c1ccccc1O.[Ba+2]. The Balaban J connectivity index is 0.00000324. The molecule has 0 saturated carbocycles. The molecule has 0 aromatic heterocycles. The first-order chi connectivity index (χ1) is 8.75. The number of carbonyl (C=O) groups is 1. The van der Waals surface area contributed by atoms with Crippen molar-refractivity contribution in [3.8, 4) is 5.75 Å². The van der Waals surface area contributed by atoms with Crippen LogP contribution >= 0.6 is 0 Å². The summed E-state index contributed by atoms with van der Waals surface area (Å²) in [4.78, 5) is 11.6. The van der Waals surface area contributed by atoms with Crippen LogP contribution in [0.15, 0.2) is 24.3 Å². The maximum atomic E-state index is 11.6. The number of ether oxygens (including phenoxy) is 1. The van der Waals surface area contributed by atoms with Gasteiger partial charge >= 0.3 is 54.9 Å². The molecule has 0 aliphatic rings. The molecule has 19 heavy (non-hydrogen) atoms. The molecule has 0 amide bonds. The summed E-state index contributed by atoms with van der Waals surface area (Å²) >= 11 is 0. The molecule has 1 aromatic carbocycles. The van der Waals surface area contributed by atoms with Gasteiger partial charge in [-0.15, -0.1) is 0 Å². The van der Waals surface area contributed by atoms with E-state index >= 15 is 0 Å². The summed E-state index contributed by atoms with van der Waals surface area (Å²) in [5, 5.41) is 9.48. The normalized spacial score (nSPS) is 9.74. The van der Waals surface area contributed by atoms with Crippen molar-refractivity contribution in [2.24, 2.45) is 0 Å². The Morgan fingerprint density at radius 1 is 1.11 bits per heavy atom. The Bertz CT molecular complexity index is 366. The fourth-order valence-corrected chi connectivity index (χ4v) is 1.77. The smallest absolute Gasteiger partial charge is 0.507 e. The zero-order valence-corrected chi connectivity index (χ0v) is 16.2. The third-order valence-corrected chi connectivity index (χ3v) is 2.86. The standard InChI is InChI=1S/C15H22O3.Ba/c1-2-3-4-5-6-9-12-18-15(17)13-10-7-8-11-14(13)16;/h7-8,10-11,16H,2-6,9,12H2,1H3;/q;+2. The predicted molar refractivity (Wildman–Crippen MR) is 77.5 cm³/mol. The molecule has 3 nitrogen and oxygen atoms in total. The van der Waals surface area contributed by atoms with Crippen LogP contribution in [0.1, 0.15) is 55.8 Å². The van der Waals surface area contributed by atoms with Crippen molar-refractivity contribution in [2.75, 3.05) is 6.61 Å². The monoisotopic (exact) mass is 388 g/mol. The first kappa shape index (κ1) is 19.1. The third kappa shape index (κ3) is 8.05. The van der Waals surface area contributed by atoms with Gasteiger partial charge in [-0.3, -0.25) is 0 Å². The van der Waals surface area contributed by atoms with E-state index in [0.717, 1.165) is 12.8 Å². The maximum absolute atomic E-state index is 11.6. The van der Waals surface area contributed by atoms with Crippen molar-refractivity contribution in [3.05, 3.63) is 29.8 Å². The van der Waals surface area contributed by atoms with Crippen LogP contribution in [0.25, 0.3) is 0 Å². The number of hydrogen-bond donors (Lipinski definition) is 1. The van der Waals surface area contributed by atoms with E-state index in [0.29, 0.717) is 6.61 Å². The van der Waals surface area contributed by atoms with Gasteiger partial charge in [0, 0.05) is 0 Å². The van der Waals surface area contributed by atoms with Crippen LogP contribution in [0.3, 0.4) is 0 Å². The van der Waals surface area contributed by atoms with Gasteiger partial charge in [-0.2, -0.15) is 0 Å². The minimum atomic E-state index is -0.443. The first-order valence-corrected chi connectivity index (χ1v) is 6.70. The molecule has 0 radical (unpaired) electrons. The van der Waals surface area contributed by atoms with Gasteiger partial charge in [0.1, 0.15) is 11.3 Å². The van der Waals surface area contributed by atoms with E-state index < -0.39 is 5.97 Å². The fourth-order valence-electron chi connectivity index (χ4n) is 1.77. The molecule has 0 heterocycles. The second-order valence-electron chi connectivity index (χ2n) is 4.42. The Hall–Kier alpha value is 0.0614. The number of hydrogen-bond acceptors (Lipinski definition) is 3. The third-order valence-electron chi connectivity index (χ3n) is 2.86. The van der Waals surface area contributed by atoms with Gasteiger partial charge in [-0.25, -0.2) is 4.79 Å². The molecule has 0 unspecified atom stereocenters. The number of benzene rings is 1. The Kier molecular flexibility index (Phi) is 11.9. The molecule has 4 heteroatoms. The van der Waals surface area contributed by atoms with Gasteiger partial charge in [0.15, 0.2) is 0 Å². The molecule has 1 N–H and O–H groups in total. The van der Waals surface area contributed by atoms with Gasteiger partial charge in [0.25, 0.3) is 0 Å². The summed E-state index contributed by atoms with van der Waals surface area (Å²) in [6, 6.07) is 6.45. The minimum Gasteiger partial charge on any atom is -0.507 e. The quantitative estimate of drug-likeness (QED) is 0.422. The number of para-hydroxylation sites is 1. The number of rotatable bonds is 8. The van der Waals surface area contributed by atoms with Gasteiger partial charge in [-0.1, -0.05) is 51.2 Å². The van der Waals surface area contributed by atoms with Crippen LogP contribution in [-0.4, -0.2) is 66.6 Å². The molecule has 100 valence electrons. The zero-order valence-electron chi connectivity index (χ0n) is 11.7. The summed E-state index contributed by atoms with van der Waals surface area (Å²) in [5.74, 6) is -0.466. The summed E-state index contributed by atoms with van der Waals surface area (Å²) < 4.78 is 5.12. The predicted octanol–water partition coefficient (Wildman–Crippen LogP) is 3.53. The number of carbonyl (C=O) groups excluding carboxylic acids is 1. The Labute approximate surface area is 155 Å². The maximum Gasteiger partial charge on any atom is 2.00 e. The summed E-state index contributed by atoms with van der Waals surface area (Å²) in [6.07, 6.45) is 6.95. The summed E-state index contributed by atoms with van der Waals surface area (Å²) in [7, 11) is 0. The van der Waals surface area contributed by atoms with E-state index in [1.54, 1.807) is 18.2 Å². The molecule has 0 spiro atoms. The Morgan fingerprint density at radius 3 is 2.42 bits per heavy atom. The number of phenolic OH excluding ortho intramolecular Hbond substituents is 1. The van der Waals surface area contributed by atoms with Crippen molar-refractivity contribution >= 4 is 54.9 Å². The molecule has 0 bridgehead atoms. The van der Waals surface area contributed by atoms with Gasteiger partial charge in [0.2, 0.25) is 0 Å². The van der Waals surface area contributed by atoms with Crippen molar-refractivity contribution in [3.63, 3.8) is 0 Å². The molecule has 0 fully saturated rings. The van der Waals surface area contributed by atoms with Crippen molar-refractivity contribution < 1.29 is 14.6 Å². The minimum absolute atomic E-state index is 0. The van der Waals surface area contributed by atoms with E-state index in [9.17, 15) is 9.90 Å². The van der Waals surface area contributed by atoms with Crippen molar-refractivity contribution in [2.45, 2.75) is 45.4 Å². The zero-order chi connectivity index (χ0) is 13.2. The molecular weight excluding hydrogens is 365 g/mol. The van der Waals surface area contributed by atoms with Crippen LogP contribution in [0.4, 0.5) is 0 Å². The van der Waals surface area contributed by atoms with E-state index in [2.05, 4.69) is 6.92 Å². The van der Waals surface area contributed by atoms with E-state index in [4.69, 9.17) is 4.74 Å². The van der Waals surface area contributed by atoms with Crippen LogP contribution in [0, 0.1) is 0 Å². The van der Waals surface area contributed by atoms with E-state index in [1.165, 1.54) is 31.7 Å². The van der Waals surface area contributed by atoms with Crippen LogP contribution in [0.5, 0.6) is 5.75 Å². The first-order valence-electron chi connectivity index (χ1n) is 6.70. The average Bonchev–Trinajstić information content (AvgIpc) is 2.38. The van der Waals surface area contributed by atoms with E-state index in [1.807, 2.05) is 0 Å². The Morgan fingerprint density at radius 2 is 1.74 bits per heavy atom. The number of esters is 1. The summed E-state index contributed by atoms with van der Waals surface area (Å²) in [5.41, 5.74) is 0.239. The van der Waals surface area contributed by atoms with Crippen molar-refractivity contribution in [1.29, 1.82) is 0 Å². The van der Waals surface area contributed by atoms with Gasteiger partial charge in [-0.05, 0) is 18.6 Å². The molecule has 1 aromatic rings. The average molecular weight is 388 g/mol. The second-order valence-corrected chi connectivity index (χ2v) is 4.42. The topological polar surface area (TPSA) is 46.5 Å². The van der Waals surface area contributed by atoms with Crippen LogP contribution < -0.4 is 0 Å². The van der Waals surface area contributed by atoms with Crippen molar-refractivity contribution in [1.82, 2.24) is 0 Å². The van der Waals surface area contributed by atoms with E-state index in [-0.39, 0.29) is 60.2 Å². The molecule has 0 saturated heterocycles. The molecular formula is C15H22BaO3+2. The number of aromatic hydroxyl groups is 1. The largest absolute Gasteiger partial charge is 2.00 e. The molecule has 0 aliphatic heterocycles. The van der Waals surface area contributed by atoms with Crippen LogP contribution in [0.2, 0.25) is 0 Å². The molecule has 0 atom stereocenters.